The molecule has 0 aliphatic heterocycles. The maximum Gasteiger partial charge on any atom is 0.339 e. The number of ether oxygens (including phenoxy) is 1. The monoisotopic (exact) mass is 268 g/mol. The molecule has 3 aromatic rings. The molecule has 0 saturated heterocycles. The minimum absolute atomic E-state index is 0.144. The maximum absolute atomic E-state index is 11.1. The lowest BCUT2D eigenvalue weighted by molar-refractivity contribution is 0.0698. The van der Waals surface area contributed by atoms with Gasteiger partial charge in [0.15, 0.2) is 0 Å². The predicted octanol–water partition coefficient (Wildman–Crippen LogP) is 3.71. The van der Waals surface area contributed by atoms with Crippen molar-refractivity contribution in [3.05, 3.63) is 65.9 Å². The number of carboxylic acids is 1. The summed E-state index contributed by atoms with van der Waals surface area (Å²) in [5, 5.41) is 9.61. The minimum atomic E-state index is -1.01. The van der Waals surface area contributed by atoms with Crippen LogP contribution in [0.15, 0.2) is 59.2 Å². The second kappa shape index (κ2) is 5.09. The lowest BCUT2D eigenvalue weighted by Crippen LogP contribution is -1.96. The number of hydrogen-bond acceptors (Lipinski definition) is 3. The van der Waals surface area contributed by atoms with Gasteiger partial charge in [-0.25, -0.2) is 4.79 Å². The van der Waals surface area contributed by atoms with Crippen LogP contribution in [0.2, 0.25) is 0 Å². The second-order valence-electron chi connectivity index (χ2n) is 4.39. The number of aromatic carboxylic acids is 1. The molecule has 0 fully saturated rings. The molecule has 0 aliphatic rings. The van der Waals surface area contributed by atoms with Crippen LogP contribution in [0.3, 0.4) is 0 Å². The number of benzene rings is 2. The van der Waals surface area contributed by atoms with Crippen LogP contribution in [-0.4, -0.2) is 11.1 Å². The number of rotatable bonds is 4. The third kappa shape index (κ3) is 2.36. The van der Waals surface area contributed by atoms with E-state index in [9.17, 15) is 4.79 Å². The lowest BCUT2D eigenvalue weighted by Gasteiger charge is -2.06. The zero-order chi connectivity index (χ0) is 13.9. The standard InChI is InChI=1S/C16H12O4/c17-16(18)14-10-20-15-7-6-12(8-13(14)15)19-9-11-4-2-1-3-5-11/h1-8,10H,9H2,(H,17,18). The molecule has 0 atom stereocenters. The summed E-state index contributed by atoms with van der Waals surface area (Å²) in [4.78, 5) is 11.1. The summed E-state index contributed by atoms with van der Waals surface area (Å²) in [7, 11) is 0. The molecule has 4 nitrogen and oxygen atoms in total. The molecule has 1 aromatic heterocycles. The first-order valence-electron chi connectivity index (χ1n) is 6.15. The maximum atomic E-state index is 11.1. The second-order valence-corrected chi connectivity index (χ2v) is 4.39. The molecule has 0 radical (unpaired) electrons. The van der Waals surface area contributed by atoms with Crippen molar-refractivity contribution < 1.29 is 19.1 Å². The SMILES string of the molecule is O=C(O)c1coc2ccc(OCc3ccccc3)cc12. The van der Waals surface area contributed by atoms with Crippen molar-refractivity contribution in [3.8, 4) is 5.75 Å². The highest BCUT2D eigenvalue weighted by Crippen LogP contribution is 2.26. The van der Waals surface area contributed by atoms with Gasteiger partial charge in [-0.05, 0) is 23.8 Å². The molecular formula is C16H12O4. The van der Waals surface area contributed by atoms with Crippen LogP contribution in [0.25, 0.3) is 11.0 Å². The van der Waals surface area contributed by atoms with Crippen molar-refractivity contribution in [1.29, 1.82) is 0 Å². The van der Waals surface area contributed by atoms with Crippen molar-refractivity contribution in [2.75, 3.05) is 0 Å². The van der Waals surface area contributed by atoms with Crippen molar-refractivity contribution in [2.24, 2.45) is 0 Å². The number of fused-ring (bicyclic) bond motifs is 1. The molecule has 0 spiro atoms. The molecule has 1 N–H and O–H groups in total. The Morgan fingerprint density at radius 3 is 2.70 bits per heavy atom. The van der Waals surface area contributed by atoms with Crippen molar-refractivity contribution in [3.63, 3.8) is 0 Å². The first-order chi connectivity index (χ1) is 9.74. The molecule has 1 heterocycles. The third-order valence-electron chi connectivity index (χ3n) is 3.02. The fourth-order valence-electron chi connectivity index (χ4n) is 2.00. The summed E-state index contributed by atoms with van der Waals surface area (Å²) in [5.74, 6) is -0.394. The van der Waals surface area contributed by atoms with Crippen LogP contribution < -0.4 is 4.74 Å². The van der Waals surface area contributed by atoms with Gasteiger partial charge in [-0.1, -0.05) is 30.3 Å². The molecule has 0 bridgehead atoms. The molecule has 100 valence electrons. The van der Waals surface area contributed by atoms with Crippen molar-refractivity contribution in [2.45, 2.75) is 6.61 Å². The van der Waals surface area contributed by atoms with E-state index >= 15 is 0 Å². The van der Waals surface area contributed by atoms with Gasteiger partial charge in [-0.2, -0.15) is 0 Å². The first kappa shape index (κ1) is 12.3. The minimum Gasteiger partial charge on any atom is -0.489 e. The molecule has 0 amide bonds. The normalized spacial score (nSPS) is 10.6. The van der Waals surface area contributed by atoms with Crippen LogP contribution in [-0.2, 0) is 6.61 Å². The van der Waals surface area contributed by atoms with E-state index in [1.807, 2.05) is 30.3 Å². The van der Waals surface area contributed by atoms with E-state index in [2.05, 4.69) is 0 Å². The predicted molar refractivity (Wildman–Crippen MR) is 73.9 cm³/mol. The summed E-state index contributed by atoms with van der Waals surface area (Å²) < 4.78 is 10.9. The van der Waals surface area contributed by atoms with Gasteiger partial charge in [0.25, 0.3) is 0 Å². The van der Waals surface area contributed by atoms with Gasteiger partial charge >= 0.3 is 5.97 Å². The number of carboxylic acid groups (broad SMARTS) is 1. The fourth-order valence-corrected chi connectivity index (χ4v) is 2.00. The van der Waals surface area contributed by atoms with Gasteiger partial charge < -0.3 is 14.3 Å². The molecular weight excluding hydrogens is 256 g/mol. The molecule has 0 unspecified atom stereocenters. The van der Waals surface area contributed by atoms with Gasteiger partial charge in [-0.3, -0.25) is 0 Å². The van der Waals surface area contributed by atoms with E-state index in [0.29, 0.717) is 23.3 Å². The van der Waals surface area contributed by atoms with Crippen molar-refractivity contribution in [1.82, 2.24) is 0 Å². The number of furan rings is 1. The van der Waals surface area contributed by atoms with Crippen LogP contribution >= 0.6 is 0 Å². The highest BCUT2D eigenvalue weighted by molar-refractivity contribution is 6.02. The Labute approximate surface area is 115 Å². The molecule has 20 heavy (non-hydrogen) atoms. The Kier molecular flexibility index (Phi) is 3.13. The highest BCUT2D eigenvalue weighted by atomic mass is 16.5. The summed E-state index contributed by atoms with van der Waals surface area (Å²) in [5.41, 5.74) is 1.73. The van der Waals surface area contributed by atoms with E-state index in [1.54, 1.807) is 18.2 Å². The van der Waals surface area contributed by atoms with E-state index in [0.717, 1.165) is 5.56 Å². The number of hydrogen-bond donors (Lipinski definition) is 1. The Bertz CT molecular complexity index is 744. The van der Waals surface area contributed by atoms with Gasteiger partial charge in [-0.15, -0.1) is 0 Å². The van der Waals surface area contributed by atoms with Crippen LogP contribution in [0.5, 0.6) is 5.75 Å². The largest absolute Gasteiger partial charge is 0.489 e. The molecule has 2 aromatic carbocycles. The van der Waals surface area contributed by atoms with E-state index in [1.165, 1.54) is 6.26 Å². The molecule has 0 saturated carbocycles. The van der Waals surface area contributed by atoms with E-state index < -0.39 is 5.97 Å². The lowest BCUT2D eigenvalue weighted by atomic mass is 10.1. The van der Waals surface area contributed by atoms with Crippen LogP contribution in [0, 0.1) is 0 Å². The summed E-state index contributed by atoms with van der Waals surface area (Å²) >= 11 is 0. The molecule has 4 heteroatoms. The van der Waals surface area contributed by atoms with Crippen LogP contribution in [0.4, 0.5) is 0 Å². The van der Waals surface area contributed by atoms with Gasteiger partial charge in [0.2, 0.25) is 0 Å². The summed E-state index contributed by atoms with van der Waals surface area (Å²) in [6.45, 7) is 0.437. The number of carbonyl (C=O) groups is 1. The molecule has 0 aliphatic carbocycles. The summed E-state index contributed by atoms with van der Waals surface area (Å²) in [6.07, 6.45) is 1.24. The summed E-state index contributed by atoms with van der Waals surface area (Å²) in [6, 6.07) is 14.9. The van der Waals surface area contributed by atoms with E-state index in [4.69, 9.17) is 14.3 Å². The first-order valence-corrected chi connectivity index (χ1v) is 6.15. The quantitative estimate of drug-likeness (QED) is 0.783. The Morgan fingerprint density at radius 1 is 1.15 bits per heavy atom. The molecule has 3 rings (SSSR count). The Balaban J connectivity index is 1.85. The third-order valence-corrected chi connectivity index (χ3v) is 3.02. The Morgan fingerprint density at radius 2 is 1.95 bits per heavy atom. The zero-order valence-electron chi connectivity index (χ0n) is 10.6. The zero-order valence-corrected chi connectivity index (χ0v) is 10.6. The van der Waals surface area contributed by atoms with Crippen LogP contribution in [0.1, 0.15) is 15.9 Å². The van der Waals surface area contributed by atoms with Gasteiger partial charge in [0.05, 0.1) is 0 Å². The Hall–Kier alpha value is -2.75. The van der Waals surface area contributed by atoms with E-state index in [-0.39, 0.29) is 5.56 Å². The topological polar surface area (TPSA) is 59.7 Å². The highest BCUT2D eigenvalue weighted by Gasteiger charge is 2.13. The average molecular weight is 268 g/mol. The van der Waals surface area contributed by atoms with Crippen molar-refractivity contribution >= 4 is 16.9 Å². The van der Waals surface area contributed by atoms with Gasteiger partial charge in [0, 0.05) is 5.39 Å². The average Bonchev–Trinajstić information content (AvgIpc) is 2.89. The van der Waals surface area contributed by atoms with Gasteiger partial charge in [0.1, 0.15) is 29.8 Å². The fraction of sp³-hybridized carbons (Fsp3) is 0.0625. The smallest absolute Gasteiger partial charge is 0.339 e.